The average Bonchev–Trinajstić information content (AvgIpc) is 2.38. The number of rotatable bonds is 5. The highest BCUT2D eigenvalue weighted by Crippen LogP contribution is 2.32. The van der Waals surface area contributed by atoms with Gasteiger partial charge in [-0.1, -0.05) is 44.2 Å². The van der Waals surface area contributed by atoms with Gasteiger partial charge in [-0.05, 0) is 12.0 Å². The van der Waals surface area contributed by atoms with Crippen LogP contribution in [0.2, 0.25) is 0 Å². The average molecular weight is 235 g/mol. The Morgan fingerprint density at radius 1 is 1.41 bits per heavy atom. The summed E-state index contributed by atoms with van der Waals surface area (Å²) >= 11 is 0. The molecule has 0 radical (unpaired) electrons. The number of hydrogen-bond acceptors (Lipinski definition) is 3. The summed E-state index contributed by atoms with van der Waals surface area (Å²) in [7, 11) is 1.41. The van der Waals surface area contributed by atoms with Gasteiger partial charge in [-0.2, -0.15) is 0 Å². The minimum atomic E-state index is -0.372. The zero-order chi connectivity index (χ0) is 12.9. The predicted molar refractivity (Wildman–Crippen MR) is 68.7 cm³/mol. The number of carbonyl (C=O) groups excluding carboxylic acids is 1. The van der Waals surface area contributed by atoms with E-state index < -0.39 is 0 Å². The molecule has 0 fully saturated rings. The van der Waals surface area contributed by atoms with E-state index in [1.807, 2.05) is 44.2 Å². The van der Waals surface area contributed by atoms with Crippen molar-refractivity contribution >= 4 is 5.97 Å². The van der Waals surface area contributed by atoms with Crippen LogP contribution in [0.4, 0.5) is 0 Å². The normalized spacial score (nSPS) is 16.0. The number of nitrogens with two attached hydrogens (primary N) is 1. The summed E-state index contributed by atoms with van der Waals surface area (Å²) in [6.45, 7) is 4.05. The van der Waals surface area contributed by atoms with Crippen LogP contribution in [0, 0.1) is 0 Å². The van der Waals surface area contributed by atoms with Crippen molar-refractivity contribution < 1.29 is 9.53 Å². The minimum absolute atomic E-state index is 0.0657. The van der Waals surface area contributed by atoms with Gasteiger partial charge in [0.1, 0.15) is 0 Å². The van der Waals surface area contributed by atoms with Gasteiger partial charge >= 0.3 is 5.97 Å². The Balaban J connectivity index is 3.06. The number of carbonyl (C=O) groups is 1. The topological polar surface area (TPSA) is 52.3 Å². The van der Waals surface area contributed by atoms with Gasteiger partial charge in [0.2, 0.25) is 0 Å². The van der Waals surface area contributed by atoms with E-state index in [1.54, 1.807) is 0 Å². The second kappa shape index (κ2) is 5.82. The molecule has 1 aromatic carbocycles. The molecule has 0 saturated heterocycles. The fraction of sp³-hybridized carbons (Fsp3) is 0.500. The maximum Gasteiger partial charge on any atom is 0.306 e. The number of hydrogen-bond donors (Lipinski definition) is 1. The van der Waals surface area contributed by atoms with Crippen LogP contribution in [0.15, 0.2) is 30.3 Å². The first-order valence-corrected chi connectivity index (χ1v) is 5.92. The molecule has 0 amide bonds. The lowest BCUT2D eigenvalue weighted by atomic mass is 9.73. The second-order valence-electron chi connectivity index (χ2n) is 4.55. The lowest BCUT2D eigenvalue weighted by molar-refractivity contribution is -0.142. The quantitative estimate of drug-likeness (QED) is 0.796. The van der Waals surface area contributed by atoms with Crippen LogP contribution in [0.25, 0.3) is 0 Å². The third-order valence-corrected chi connectivity index (χ3v) is 3.43. The standard InChI is InChI=1S/C14H21NO2/c1-4-12(15)14(2,10-13(16)17-3)11-8-6-5-7-9-11/h5-9,12H,4,10,15H2,1-3H3. The molecule has 2 unspecified atom stereocenters. The highest BCUT2D eigenvalue weighted by molar-refractivity contribution is 5.71. The van der Waals surface area contributed by atoms with E-state index >= 15 is 0 Å². The van der Waals surface area contributed by atoms with E-state index in [0.29, 0.717) is 6.42 Å². The van der Waals surface area contributed by atoms with Crippen LogP contribution in [0.1, 0.15) is 32.3 Å². The van der Waals surface area contributed by atoms with Crippen molar-refractivity contribution in [1.29, 1.82) is 0 Å². The largest absolute Gasteiger partial charge is 0.469 e. The molecular weight excluding hydrogens is 214 g/mol. The maximum atomic E-state index is 11.5. The van der Waals surface area contributed by atoms with Gasteiger partial charge in [-0.15, -0.1) is 0 Å². The summed E-state index contributed by atoms with van der Waals surface area (Å²) in [4.78, 5) is 11.5. The Kier molecular flexibility index (Phi) is 4.70. The molecule has 0 heterocycles. The lowest BCUT2D eigenvalue weighted by Crippen LogP contribution is -2.44. The minimum Gasteiger partial charge on any atom is -0.469 e. The Hall–Kier alpha value is -1.35. The van der Waals surface area contributed by atoms with Crippen LogP contribution in [-0.2, 0) is 14.9 Å². The van der Waals surface area contributed by atoms with Gasteiger partial charge in [-0.25, -0.2) is 0 Å². The van der Waals surface area contributed by atoms with Gasteiger partial charge in [0.15, 0.2) is 0 Å². The molecule has 0 bridgehead atoms. The molecule has 3 heteroatoms. The molecule has 2 N–H and O–H groups in total. The molecule has 0 aliphatic carbocycles. The summed E-state index contributed by atoms with van der Waals surface area (Å²) < 4.78 is 4.77. The highest BCUT2D eigenvalue weighted by Gasteiger charge is 2.35. The Labute approximate surface area is 103 Å². The Bertz CT molecular complexity index is 364. The van der Waals surface area contributed by atoms with Crippen molar-refractivity contribution in [2.45, 2.75) is 38.1 Å². The van der Waals surface area contributed by atoms with E-state index in [1.165, 1.54) is 7.11 Å². The van der Waals surface area contributed by atoms with Gasteiger partial charge in [0.25, 0.3) is 0 Å². The van der Waals surface area contributed by atoms with E-state index in [0.717, 1.165) is 12.0 Å². The molecule has 1 aromatic rings. The first-order valence-electron chi connectivity index (χ1n) is 5.92. The third kappa shape index (κ3) is 3.07. The second-order valence-corrected chi connectivity index (χ2v) is 4.55. The molecule has 0 aromatic heterocycles. The number of ether oxygens (including phenoxy) is 1. The van der Waals surface area contributed by atoms with Crippen LogP contribution >= 0.6 is 0 Å². The summed E-state index contributed by atoms with van der Waals surface area (Å²) in [5.41, 5.74) is 6.89. The summed E-state index contributed by atoms with van der Waals surface area (Å²) in [6, 6.07) is 9.85. The van der Waals surface area contributed by atoms with Crippen LogP contribution in [-0.4, -0.2) is 19.1 Å². The van der Waals surface area contributed by atoms with Crippen molar-refractivity contribution in [3.8, 4) is 0 Å². The van der Waals surface area contributed by atoms with Crippen molar-refractivity contribution in [2.24, 2.45) is 5.73 Å². The zero-order valence-corrected chi connectivity index (χ0v) is 10.8. The molecule has 0 aliphatic rings. The van der Waals surface area contributed by atoms with E-state index in [9.17, 15) is 4.79 Å². The maximum absolute atomic E-state index is 11.5. The van der Waals surface area contributed by atoms with Gasteiger partial charge in [-0.3, -0.25) is 4.79 Å². The molecular formula is C14H21NO2. The zero-order valence-electron chi connectivity index (χ0n) is 10.8. The smallest absolute Gasteiger partial charge is 0.306 e. The molecule has 94 valence electrons. The van der Waals surface area contributed by atoms with Crippen LogP contribution < -0.4 is 5.73 Å². The highest BCUT2D eigenvalue weighted by atomic mass is 16.5. The van der Waals surface area contributed by atoms with Gasteiger partial charge in [0, 0.05) is 11.5 Å². The first-order chi connectivity index (χ1) is 8.04. The molecule has 1 rings (SSSR count). The molecule has 3 nitrogen and oxygen atoms in total. The Morgan fingerprint density at radius 3 is 2.47 bits per heavy atom. The molecule has 0 spiro atoms. The summed E-state index contributed by atoms with van der Waals surface area (Å²) in [5.74, 6) is -0.222. The molecule has 17 heavy (non-hydrogen) atoms. The van der Waals surface area contributed by atoms with E-state index in [4.69, 9.17) is 10.5 Å². The van der Waals surface area contributed by atoms with Crippen molar-refractivity contribution in [1.82, 2.24) is 0 Å². The fourth-order valence-electron chi connectivity index (χ4n) is 2.09. The Morgan fingerprint density at radius 2 is 2.00 bits per heavy atom. The van der Waals surface area contributed by atoms with Crippen molar-refractivity contribution in [2.75, 3.05) is 7.11 Å². The van der Waals surface area contributed by atoms with Crippen LogP contribution in [0.3, 0.4) is 0 Å². The molecule has 0 aliphatic heterocycles. The monoisotopic (exact) mass is 235 g/mol. The SMILES string of the molecule is CCC(N)C(C)(CC(=O)OC)c1ccccc1. The number of esters is 1. The first kappa shape index (κ1) is 13.7. The molecule has 0 saturated carbocycles. The fourth-order valence-corrected chi connectivity index (χ4v) is 2.09. The lowest BCUT2D eigenvalue weighted by Gasteiger charge is -2.34. The van der Waals surface area contributed by atoms with Gasteiger partial charge < -0.3 is 10.5 Å². The van der Waals surface area contributed by atoms with E-state index in [2.05, 4.69) is 0 Å². The summed E-state index contributed by atoms with van der Waals surface area (Å²) in [5, 5.41) is 0. The number of benzene rings is 1. The predicted octanol–water partition coefficient (Wildman–Crippen LogP) is 2.24. The number of methoxy groups -OCH3 is 1. The van der Waals surface area contributed by atoms with Crippen molar-refractivity contribution in [3.63, 3.8) is 0 Å². The van der Waals surface area contributed by atoms with E-state index in [-0.39, 0.29) is 17.4 Å². The molecule has 2 atom stereocenters. The third-order valence-electron chi connectivity index (χ3n) is 3.43. The van der Waals surface area contributed by atoms with Gasteiger partial charge in [0.05, 0.1) is 13.5 Å². The van der Waals surface area contributed by atoms with Crippen LogP contribution in [0.5, 0.6) is 0 Å². The van der Waals surface area contributed by atoms with Crippen molar-refractivity contribution in [3.05, 3.63) is 35.9 Å². The summed E-state index contributed by atoms with van der Waals surface area (Å²) in [6.07, 6.45) is 1.13.